The van der Waals surface area contributed by atoms with Crippen molar-refractivity contribution >= 4 is 12.0 Å². The average Bonchev–Trinajstić information content (AvgIpc) is 2.66. The van der Waals surface area contributed by atoms with Crippen molar-refractivity contribution in [3.05, 3.63) is 59.7 Å². The van der Waals surface area contributed by atoms with Crippen LogP contribution in [0.25, 0.3) is 6.08 Å². The van der Waals surface area contributed by atoms with Crippen molar-refractivity contribution in [2.24, 2.45) is 0 Å². The lowest BCUT2D eigenvalue weighted by Crippen LogP contribution is -2.30. The summed E-state index contributed by atoms with van der Waals surface area (Å²) in [7, 11) is 3.17. The zero-order chi connectivity index (χ0) is 17.6. The molecule has 1 N–H and O–H groups in total. The number of hydrogen-bond donors (Lipinski definition) is 1. The van der Waals surface area contributed by atoms with Gasteiger partial charge in [0.25, 0.3) is 0 Å². The van der Waals surface area contributed by atoms with E-state index in [1.165, 1.54) is 6.08 Å². The van der Waals surface area contributed by atoms with E-state index in [0.29, 0.717) is 18.1 Å². The maximum Gasteiger partial charge on any atom is 0.244 e. The smallest absolute Gasteiger partial charge is 0.244 e. The van der Waals surface area contributed by atoms with Crippen LogP contribution in [0.3, 0.4) is 0 Å². The van der Waals surface area contributed by atoms with Gasteiger partial charge in [-0.3, -0.25) is 4.79 Å². The molecule has 0 spiro atoms. The molecule has 0 saturated carbocycles. The molecule has 0 fully saturated rings. The van der Waals surface area contributed by atoms with Gasteiger partial charge in [-0.2, -0.15) is 0 Å². The molecule has 0 aliphatic carbocycles. The number of carbonyl (C=O) groups excluding carboxylic acids is 1. The highest BCUT2D eigenvalue weighted by Gasteiger charge is 2.21. The first-order valence-electron chi connectivity index (χ1n) is 8.13. The molecule has 1 heterocycles. The third-order valence-corrected chi connectivity index (χ3v) is 4.11. The molecule has 2 aromatic carbocycles. The SMILES string of the molecule is COc1ccc(/C=C/C(=O)NC2CCOc3ccccc32)cc1OC. The van der Waals surface area contributed by atoms with Crippen LogP contribution in [0.1, 0.15) is 23.6 Å². The van der Waals surface area contributed by atoms with Crippen LogP contribution in [0.15, 0.2) is 48.5 Å². The van der Waals surface area contributed by atoms with E-state index >= 15 is 0 Å². The Morgan fingerprint density at radius 1 is 1.16 bits per heavy atom. The molecule has 0 saturated heterocycles. The Balaban J connectivity index is 1.68. The van der Waals surface area contributed by atoms with Gasteiger partial charge in [0.05, 0.1) is 26.9 Å². The second-order valence-corrected chi connectivity index (χ2v) is 5.68. The quantitative estimate of drug-likeness (QED) is 0.849. The Labute approximate surface area is 147 Å². The van der Waals surface area contributed by atoms with Crippen molar-refractivity contribution < 1.29 is 19.0 Å². The number of ether oxygens (including phenoxy) is 3. The number of para-hydroxylation sites is 1. The molecule has 1 atom stereocenters. The Bertz CT molecular complexity index is 785. The predicted octanol–water partition coefficient (Wildman–Crippen LogP) is 3.36. The Morgan fingerprint density at radius 2 is 1.96 bits per heavy atom. The summed E-state index contributed by atoms with van der Waals surface area (Å²) in [5.74, 6) is 1.98. The summed E-state index contributed by atoms with van der Waals surface area (Å²) in [6, 6.07) is 13.3. The molecule has 1 aliphatic heterocycles. The molecule has 0 bridgehead atoms. The van der Waals surface area contributed by atoms with Crippen molar-refractivity contribution in [1.82, 2.24) is 5.32 Å². The second-order valence-electron chi connectivity index (χ2n) is 5.68. The molecule has 0 aromatic heterocycles. The molecule has 1 unspecified atom stereocenters. The molecular weight excluding hydrogens is 318 g/mol. The Hall–Kier alpha value is -2.95. The van der Waals surface area contributed by atoms with Crippen molar-refractivity contribution in [1.29, 1.82) is 0 Å². The van der Waals surface area contributed by atoms with Crippen molar-refractivity contribution in [2.75, 3.05) is 20.8 Å². The average molecular weight is 339 g/mol. The van der Waals surface area contributed by atoms with E-state index in [4.69, 9.17) is 14.2 Å². The summed E-state index contributed by atoms with van der Waals surface area (Å²) in [5.41, 5.74) is 1.88. The van der Waals surface area contributed by atoms with Gasteiger partial charge in [0.1, 0.15) is 5.75 Å². The molecule has 5 heteroatoms. The van der Waals surface area contributed by atoms with Crippen LogP contribution in [-0.2, 0) is 4.79 Å². The lowest BCUT2D eigenvalue weighted by molar-refractivity contribution is -0.117. The lowest BCUT2D eigenvalue weighted by atomic mass is 10.0. The van der Waals surface area contributed by atoms with Gasteiger partial charge in [-0.05, 0) is 29.8 Å². The maximum atomic E-state index is 12.3. The minimum Gasteiger partial charge on any atom is -0.493 e. The summed E-state index contributed by atoms with van der Waals surface area (Å²) in [6.45, 7) is 0.599. The highest BCUT2D eigenvalue weighted by Crippen LogP contribution is 2.31. The molecule has 3 rings (SSSR count). The minimum absolute atomic E-state index is 0.0347. The fourth-order valence-electron chi connectivity index (χ4n) is 2.84. The fraction of sp³-hybridized carbons (Fsp3) is 0.250. The van der Waals surface area contributed by atoms with Crippen LogP contribution in [-0.4, -0.2) is 26.7 Å². The number of hydrogen-bond acceptors (Lipinski definition) is 4. The van der Waals surface area contributed by atoms with Crippen LogP contribution in [0.2, 0.25) is 0 Å². The van der Waals surface area contributed by atoms with Crippen LogP contribution in [0.4, 0.5) is 0 Å². The zero-order valence-electron chi connectivity index (χ0n) is 14.3. The first-order chi connectivity index (χ1) is 12.2. The first-order valence-corrected chi connectivity index (χ1v) is 8.13. The highest BCUT2D eigenvalue weighted by molar-refractivity contribution is 5.92. The van der Waals surface area contributed by atoms with Crippen molar-refractivity contribution in [3.63, 3.8) is 0 Å². The van der Waals surface area contributed by atoms with Gasteiger partial charge in [-0.1, -0.05) is 24.3 Å². The minimum atomic E-state index is -0.142. The summed E-state index contributed by atoms with van der Waals surface area (Å²) in [6.07, 6.45) is 4.04. The second kappa shape index (κ2) is 7.75. The third kappa shape index (κ3) is 3.94. The van der Waals surface area contributed by atoms with Gasteiger partial charge in [0, 0.05) is 18.1 Å². The number of carbonyl (C=O) groups is 1. The summed E-state index contributed by atoms with van der Waals surface area (Å²) < 4.78 is 16.1. The number of methoxy groups -OCH3 is 2. The normalized spacial score (nSPS) is 16.0. The van der Waals surface area contributed by atoms with E-state index in [0.717, 1.165) is 23.3 Å². The van der Waals surface area contributed by atoms with E-state index in [1.807, 2.05) is 42.5 Å². The molecular formula is C20H21NO4. The fourth-order valence-corrected chi connectivity index (χ4v) is 2.84. The van der Waals surface area contributed by atoms with E-state index in [1.54, 1.807) is 20.3 Å². The zero-order valence-corrected chi connectivity index (χ0v) is 14.3. The number of benzene rings is 2. The number of nitrogens with one attached hydrogen (secondary N) is 1. The Morgan fingerprint density at radius 3 is 2.76 bits per heavy atom. The van der Waals surface area contributed by atoms with Gasteiger partial charge < -0.3 is 19.5 Å². The largest absolute Gasteiger partial charge is 0.493 e. The van der Waals surface area contributed by atoms with Crippen molar-refractivity contribution in [2.45, 2.75) is 12.5 Å². The first kappa shape index (κ1) is 16.9. The molecule has 25 heavy (non-hydrogen) atoms. The van der Waals surface area contributed by atoms with Crippen LogP contribution >= 0.6 is 0 Å². The van der Waals surface area contributed by atoms with Crippen LogP contribution < -0.4 is 19.5 Å². The maximum absolute atomic E-state index is 12.3. The molecule has 0 radical (unpaired) electrons. The molecule has 5 nitrogen and oxygen atoms in total. The monoisotopic (exact) mass is 339 g/mol. The Kier molecular flexibility index (Phi) is 5.23. The highest BCUT2D eigenvalue weighted by atomic mass is 16.5. The van der Waals surface area contributed by atoms with Crippen LogP contribution in [0.5, 0.6) is 17.2 Å². The van der Waals surface area contributed by atoms with E-state index in [-0.39, 0.29) is 11.9 Å². The predicted molar refractivity (Wildman–Crippen MR) is 96.0 cm³/mol. The number of fused-ring (bicyclic) bond motifs is 1. The van der Waals surface area contributed by atoms with Gasteiger partial charge in [-0.15, -0.1) is 0 Å². The van der Waals surface area contributed by atoms with E-state index in [2.05, 4.69) is 5.32 Å². The molecule has 130 valence electrons. The molecule has 1 amide bonds. The van der Waals surface area contributed by atoms with Gasteiger partial charge in [-0.25, -0.2) is 0 Å². The van der Waals surface area contributed by atoms with Crippen molar-refractivity contribution in [3.8, 4) is 17.2 Å². The molecule has 1 aliphatic rings. The van der Waals surface area contributed by atoms with E-state index in [9.17, 15) is 4.79 Å². The summed E-state index contributed by atoms with van der Waals surface area (Å²) >= 11 is 0. The van der Waals surface area contributed by atoms with Gasteiger partial charge in [0.2, 0.25) is 5.91 Å². The van der Waals surface area contributed by atoms with E-state index < -0.39 is 0 Å². The van der Waals surface area contributed by atoms with Gasteiger partial charge in [0.15, 0.2) is 11.5 Å². The number of amides is 1. The van der Waals surface area contributed by atoms with Gasteiger partial charge >= 0.3 is 0 Å². The lowest BCUT2D eigenvalue weighted by Gasteiger charge is -2.26. The number of rotatable bonds is 5. The van der Waals surface area contributed by atoms with Crippen LogP contribution in [0, 0.1) is 0 Å². The summed E-state index contributed by atoms with van der Waals surface area (Å²) in [5, 5.41) is 3.03. The topological polar surface area (TPSA) is 56.8 Å². The molecule has 2 aromatic rings. The standard InChI is InChI=1S/C20H21NO4/c1-23-18-9-7-14(13-19(18)24-2)8-10-20(22)21-16-11-12-25-17-6-4-3-5-15(16)17/h3-10,13,16H,11-12H2,1-2H3,(H,21,22)/b10-8+. The summed E-state index contributed by atoms with van der Waals surface area (Å²) in [4.78, 5) is 12.3. The third-order valence-electron chi connectivity index (χ3n) is 4.11.